The van der Waals surface area contributed by atoms with E-state index >= 15 is 0 Å². The summed E-state index contributed by atoms with van der Waals surface area (Å²) in [6.45, 7) is 1.09. The second-order valence-electron chi connectivity index (χ2n) is 10.7. The molecule has 2 fully saturated rings. The number of urea groups is 1. The number of rotatable bonds is 6. The van der Waals surface area contributed by atoms with E-state index in [0.29, 0.717) is 11.3 Å². The number of aryl methyl sites for hydroxylation is 2. The number of benzene rings is 2. The van der Waals surface area contributed by atoms with Crippen LogP contribution in [0.1, 0.15) is 48.8 Å². The Morgan fingerprint density at radius 1 is 1.05 bits per heavy atom. The van der Waals surface area contributed by atoms with Gasteiger partial charge in [-0.2, -0.15) is 13.2 Å². The summed E-state index contributed by atoms with van der Waals surface area (Å²) in [7, 11) is 5.61. The van der Waals surface area contributed by atoms with E-state index in [1.807, 2.05) is 12.1 Å². The molecule has 3 atom stereocenters. The van der Waals surface area contributed by atoms with Crippen molar-refractivity contribution in [3.8, 4) is 11.5 Å². The molecule has 224 valence electrons. The van der Waals surface area contributed by atoms with Crippen LogP contribution < -0.4 is 19.5 Å². The lowest BCUT2D eigenvalue weighted by Crippen LogP contribution is -2.47. The summed E-state index contributed by atoms with van der Waals surface area (Å²) < 4.78 is 45.9. The second-order valence-corrected chi connectivity index (χ2v) is 11.8. The van der Waals surface area contributed by atoms with Crippen molar-refractivity contribution in [2.45, 2.75) is 67.8 Å². The van der Waals surface area contributed by atoms with Crippen molar-refractivity contribution in [3.63, 3.8) is 0 Å². The molecule has 8 nitrogen and oxygen atoms in total. The fourth-order valence-electron chi connectivity index (χ4n) is 6.28. The Hall–Kier alpha value is -3.12. The summed E-state index contributed by atoms with van der Waals surface area (Å²) in [4.78, 5) is 24.0. The van der Waals surface area contributed by atoms with Crippen molar-refractivity contribution in [2.24, 2.45) is 0 Å². The number of nitrogens with zero attached hydrogens (tertiary/aromatic N) is 1. The second kappa shape index (κ2) is 12.8. The number of carboxylic acids is 1. The predicted octanol–water partition coefficient (Wildman–Crippen LogP) is 5.79. The quantitative estimate of drug-likeness (QED) is 0.364. The molecule has 1 heterocycles. The van der Waals surface area contributed by atoms with Crippen LogP contribution in [0, 0.1) is 0 Å². The molecule has 0 aromatic heterocycles. The number of amides is 2. The Morgan fingerprint density at radius 3 is 2.44 bits per heavy atom. The molecule has 2 aromatic carbocycles. The zero-order valence-corrected chi connectivity index (χ0v) is 24.2. The third-order valence-electron chi connectivity index (χ3n) is 8.35. The van der Waals surface area contributed by atoms with Crippen molar-refractivity contribution in [2.75, 3.05) is 33.1 Å². The lowest BCUT2D eigenvalue weighted by molar-refractivity contribution is -0.192. The number of carboxylic acid groups (broad SMARTS) is 1. The van der Waals surface area contributed by atoms with E-state index in [0.717, 1.165) is 62.3 Å². The Bertz CT molecular complexity index is 1260. The normalized spacial score (nSPS) is 23.5. The van der Waals surface area contributed by atoms with E-state index in [9.17, 15) is 18.0 Å². The summed E-state index contributed by atoms with van der Waals surface area (Å²) in [6, 6.07) is 13.0. The third kappa shape index (κ3) is 7.03. The molecule has 3 N–H and O–H groups in total. The minimum Gasteiger partial charge on any atom is -0.493 e. The molecule has 3 unspecified atom stereocenters. The third-order valence-corrected chi connectivity index (χ3v) is 9.42. The van der Waals surface area contributed by atoms with Crippen LogP contribution >= 0.6 is 11.9 Å². The number of carbonyl (C=O) groups excluding carboxylic acids is 1. The topological polar surface area (TPSA) is 100 Å². The van der Waals surface area contributed by atoms with Crippen molar-refractivity contribution in [1.29, 1.82) is 0 Å². The van der Waals surface area contributed by atoms with E-state index in [1.54, 1.807) is 26.2 Å². The van der Waals surface area contributed by atoms with E-state index in [2.05, 4.69) is 46.3 Å². The fraction of sp³-hybridized carbons (Fsp3) is 0.517. The fourth-order valence-corrected chi connectivity index (χ4v) is 7.12. The Kier molecular flexibility index (Phi) is 9.63. The SMILES string of the molecule is COc1ccc(C23CCC(SNC(=O)Nc4ccc5c(c4)CCC5)CC2N(C)CC3)cc1OC.O=C(O)C(F)(F)F. The number of nitrogens with one attached hydrogen (secondary N) is 2. The molecule has 2 aromatic rings. The largest absolute Gasteiger partial charge is 0.493 e. The van der Waals surface area contributed by atoms with Gasteiger partial charge in [0.15, 0.2) is 11.5 Å². The number of hydrogen-bond acceptors (Lipinski definition) is 6. The van der Waals surface area contributed by atoms with Crippen molar-refractivity contribution in [3.05, 3.63) is 53.1 Å². The van der Waals surface area contributed by atoms with Gasteiger partial charge in [0.25, 0.3) is 0 Å². The Labute approximate surface area is 242 Å². The highest BCUT2D eigenvalue weighted by molar-refractivity contribution is 7.98. The van der Waals surface area contributed by atoms with Gasteiger partial charge in [-0.1, -0.05) is 12.1 Å². The molecular formula is C29H36F3N3O5S. The minimum atomic E-state index is -5.08. The lowest BCUT2D eigenvalue weighted by atomic mass is 9.66. The summed E-state index contributed by atoms with van der Waals surface area (Å²) in [5.41, 5.74) is 5.13. The summed E-state index contributed by atoms with van der Waals surface area (Å²) in [6.07, 6.45) is 2.76. The summed E-state index contributed by atoms with van der Waals surface area (Å²) >= 11 is 1.58. The van der Waals surface area contributed by atoms with Crippen LogP contribution in [0.4, 0.5) is 23.7 Å². The van der Waals surface area contributed by atoms with Crippen LogP contribution in [0.15, 0.2) is 36.4 Å². The van der Waals surface area contributed by atoms with Crippen LogP contribution in [0.3, 0.4) is 0 Å². The van der Waals surface area contributed by atoms with Crippen LogP contribution in [-0.4, -0.2) is 67.3 Å². The van der Waals surface area contributed by atoms with Gasteiger partial charge in [-0.3, -0.25) is 4.72 Å². The molecule has 2 aliphatic carbocycles. The predicted molar refractivity (Wildman–Crippen MR) is 152 cm³/mol. The van der Waals surface area contributed by atoms with Crippen molar-refractivity contribution >= 4 is 29.6 Å². The number of alkyl halides is 3. The van der Waals surface area contributed by atoms with Gasteiger partial charge in [-0.05, 0) is 111 Å². The molecule has 12 heteroatoms. The number of hydrogen-bond donors (Lipinski definition) is 3. The molecule has 0 spiro atoms. The van der Waals surface area contributed by atoms with Gasteiger partial charge in [-0.25, -0.2) is 9.59 Å². The number of likely N-dealkylation sites (tertiary alicyclic amines) is 1. The first-order valence-corrected chi connectivity index (χ1v) is 14.4. The highest BCUT2D eigenvalue weighted by atomic mass is 32.2. The van der Waals surface area contributed by atoms with E-state index < -0.39 is 12.1 Å². The van der Waals surface area contributed by atoms with E-state index in [1.165, 1.54) is 23.1 Å². The number of likely N-dealkylation sites (N-methyl/N-ethyl adjacent to an activating group) is 1. The molecule has 3 aliphatic rings. The number of halogens is 3. The number of methoxy groups -OCH3 is 2. The van der Waals surface area contributed by atoms with Gasteiger partial charge in [0.2, 0.25) is 0 Å². The van der Waals surface area contributed by atoms with Crippen LogP contribution in [-0.2, 0) is 23.1 Å². The molecular weight excluding hydrogens is 559 g/mol. The molecule has 1 aliphatic heterocycles. The maximum atomic E-state index is 12.6. The first-order valence-electron chi connectivity index (χ1n) is 13.5. The highest BCUT2D eigenvalue weighted by Gasteiger charge is 2.50. The molecule has 0 radical (unpaired) electrons. The summed E-state index contributed by atoms with van der Waals surface area (Å²) in [5.74, 6) is -1.19. The van der Waals surface area contributed by atoms with Gasteiger partial charge in [0, 0.05) is 22.4 Å². The lowest BCUT2D eigenvalue weighted by Gasteiger charge is -2.44. The minimum absolute atomic E-state index is 0.123. The molecule has 0 bridgehead atoms. The Balaban J connectivity index is 0.000000493. The standard InChI is InChI=1S/C27H35N3O3S.C2HF3O2/c1-30-14-13-27(20-8-10-23(32-2)24(16-20)33-3)12-11-22(17-25(27)30)34-29-26(31)28-21-9-7-18-5-4-6-19(18)15-21;3-2(4,5)1(6)7/h7-10,15-16,22,25H,4-6,11-14,17H2,1-3H3,(H2,28,29,31);(H,6,7). The van der Waals surface area contributed by atoms with Crippen LogP contribution in [0.5, 0.6) is 11.5 Å². The average molecular weight is 596 g/mol. The maximum absolute atomic E-state index is 12.6. The van der Waals surface area contributed by atoms with Gasteiger partial charge in [0.05, 0.1) is 14.2 Å². The number of fused-ring (bicyclic) bond motifs is 2. The molecule has 1 saturated carbocycles. The Morgan fingerprint density at radius 2 is 1.76 bits per heavy atom. The maximum Gasteiger partial charge on any atom is 0.490 e. The monoisotopic (exact) mass is 595 g/mol. The van der Waals surface area contributed by atoms with E-state index in [4.69, 9.17) is 19.4 Å². The van der Waals surface area contributed by atoms with E-state index in [-0.39, 0.29) is 11.4 Å². The first kappa shape index (κ1) is 30.8. The highest BCUT2D eigenvalue weighted by Crippen LogP contribution is 2.51. The van der Waals surface area contributed by atoms with Gasteiger partial charge >= 0.3 is 18.2 Å². The van der Waals surface area contributed by atoms with Crippen LogP contribution in [0.2, 0.25) is 0 Å². The smallest absolute Gasteiger partial charge is 0.490 e. The zero-order valence-electron chi connectivity index (χ0n) is 23.3. The van der Waals surface area contributed by atoms with Crippen molar-refractivity contribution in [1.82, 2.24) is 9.62 Å². The summed E-state index contributed by atoms with van der Waals surface area (Å²) in [5, 5.41) is 10.5. The van der Waals surface area contributed by atoms with Gasteiger partial charge in [-0.15, -0.1) is 0 Å². The van der Waals surface area contributed by atoms with Crippen molar-refractivity contribution < 1.29 is 37.3 Å². The number of carbonyl (C=O) groups is 2. The number of ether oxygens (including phenoxy) is 2. The average Bonchev–Trinajstić information content (AvgIpc) is 3.55. The zero-order chi connectivity index (χ0) is 29.8. The van der Waals surface area contributed by atoms with Gasteiger partial charge in [0.1, 0.15) is 0 Å². The molecule has 41 heavy (non-hydrogen) atoms. The number of anilines is 1. The van der Waals surface area contributed by atoms with Gasteiger partial charge < -0.3 is 24.8 Å². The molecule has 1 saturated heterocycles. The first-order chi connectivity index (χ1) is 19.5. The molecule has 5 rings (SSSR count). The molecule has 2 amide bonds. The number of aliphatic carboxylic acids is 1. The van der Waals surface area contributed by atoms with Crippen LogP contribution in [0.25, 0.3) is 0 Å².